The number of amides is 1. The molecule has 0 aliphatic heterocycles. The fourth-order valence-electron chi connectivity index (χ4n) is 4.25. The molecule has 0 fully saturated rings. The molecule has 2 aromatic heterocycles. The molecule has 0 saturated carbocycles. The van der Waals surface area contributed by atoms with Crippen LogP contribution >= 0.6 is 11.6 Å². The highest BCUT2D eigenvalue weighted by Gasteiger charge is 2.25. The molecule has 0 radical (unpaired) electrons. The van der Waals surface area contributed by atoms with Crippen molar-refractivity contribution in [2.75, 3.05) is 19.0 Å². The minimum absolute atomic E-state index is 0.0840. The second-order valence-electron chi connectivity index (χ2n) is 10.2. The molecule has 0 spiro atoms. The summed E-state index contributed by atoms with van der Waals surface area (Å²) in [5, 5.41) is 16.4. The molecule has 214 valence electrons. The van der Waals surface area contributed by atoms with Gasteiger partial charge in [0, 0.05) is 47.0 Å². The fourth-order valence-corrected chi connectivity index (χ4v) is 4.43. The first-order valence-corrected chi connectivity index (χ1v) is 13.1. The third-order valence-corrected chi connectivity index (χ3v) is 6.45. The van der Waals surface area contributed by atoms with Gasteiger partial charge in [0.1, 0.15) is 23.7 Å². The van der Waals surface area contributed by atoms with E-state index in [4.69, 9.17) is 30.7 Å². The Labute approximate surface area is 241 Å². The normalized spacial score (nSPS) is 12.1. The fraction of sp³-hybridized carbons (Fsp3) is 0.267. The molecule has 4 aromatic rings. The van der Waals surface area contributed by atoms with Gasteiger partial charge in [-0.05, 0) is 62.7 Å². The molecular weight excluding hydrogens is 550 g/mol. The van der Waals surface area contributed by atoms with Gasteiger partial charge in [-0.3, -0.25) is 14.2 Å². The Morgan fingerprint density at radius 1 is 1.07 bits per heavy atom. The number of carboxylic acids is 1. The molecular formula is C30H30ClN3O7. The molecule has 0 aliphatic rings. The first kappa shape index (κ1) is 29.6. The number of nitrogens with zero attached hydrogens (tertiary/aromatic N) is 2. The molecule has 0 bridgehead atoms. The van der Waals surface area contributed by atoms with Crippen molar-refractivity contribution in [1.82, 2.24) is 9.72 Å². The molecule has 1 atom stereocenters. The van der Waals surface area contributed by atoms with Crippen molar-refractivity contribution < 1.29 is 28.7 Å². The molecule has 1 amide bonds. The van der Waals surface area contributed by atoms with E-state index in [0.29, 0.717) is 38.8 Å². The topological polar surface area (TPSA) is 133 Å². The molecule has 2 heterocycles. The van der Waals surface area contributed by atoms with Crippen molar-refractivity contribution in [3.05, 3.63) is 88.0 Å². The van der Waals surface area contributed by atoms with Gasteiger partial charge < -0.3 is 24.4 Å². The molecule has 1 unspecified atom stereocenters. The predicted octanol–water partition coefficient (Wildman–Crippen LogP) is 5.92. The summed E-state index contributed by atoms with van der Waals surface area (Å²) in [6, 6.07) is 13.0. The number of anilines is 1. The smallest absolute Gasteiger partial charge is 0.335 e. The SMILES string of the molecule is COc1cn(C(CCOC(C)(C)C)C(=O)Nc2ccc(C(=O)O)cc2)c(=O)cc1-c1cc(Cl)ccc1-c1ccon1. The highest BCUT2D eigenvalue weighted by atomic mass is 35.5. The summed E-state index contributed by atoms with van der Waals surface area (Å²) in [6.45, 7) is 5.88. The van der Waals surface area contributed by atoms with Crippen molar-refractivity contribution in [3.8, 4) is 28.1 Å². The average Bonchev–Trinajstić information content (AvgIpc) is 3.46. The summed E-state index contributed by atoms with van der Waals surface area (Å²) in [6.07, 6.45) is 3.11. The maximum absolute atomic E-state index is 13.6. The number of aromatic nitrogens is 2. The third-order valence-electron chi connectivity index (χ3n) is 6.21. The minimum atomic E-state index is -1.08. The van der Waals surface area contributed by atoms with E-state index >= 15 is 0 Å². The summed E-state index contributed by atoms with van der Waals surface area (Å²) in [7, 11) is 1.47. The Balaban J connectivity index is 1.75. The van der Waals surface area contributed by atoms with Gasteiger partial charge in [-0.1, -0.05) is 22.8 Å². The molecule has 0 aliphatic carbocycles. The Morgan fingerprint density at radius 3 is 2.41 bits per heavy atom. The second kappa shape index (κ2) is 12.4. The number of hydrogen-bond donors (Lipinski definition) is 2. The molecule has 0 saturated heterocycles. The van der Waals surface area contributed by atoms with Gasteiger partial charge in [-0.2, -0.15) is 0 Å². The number of ether oxygens (including phenoxy) is 2. The zero-order chi connectivity index (χ0) is 29.7. The number of carbonyl (C=O) groups excluding carboxylic acids is 1. The number of hydrogen-bond acceptors (Lipinski definition) is 7. The summed E-state index contributed by atoms with van der Waals surface area (Å²) >= 11 is 6.32. The number of methoxy groups -OCH3 is 1. The average molecular weight is 580 g/mol. The quantitative estimate of drug-likeness (QED) is 0.237. The van der Waals surface area contributed by atoms with Gasteiger partial charge in [0.25, 0.3) is 5.56 Å². The van der Waals surface area contributed by atoms with Crippen molar-refractivity contribution in [2.45, 2.75) is 38.8 Å². The van der Waals surface area contributed by atoms with Crippen LogP contribution in [0.4, 0.5) is 5.69 Å². The van der Waals surface area contributed by atoms with Crippen LogP contribution in [-0.2, 0) is 9.53 Å². The van der Waals surface area contributed by atoms with Crippen molar-refractivity contribution in [2.24, 2.45) is 0 Å². The summed E-state index contributed by atoms with van der Waals surface area (Å²) in [4.78, 5) is 38.3. The van der Waals surface area contributed by atoms with Gasteiger partial charge in [-0.25, -0.2) is 4.79 Å². The van der Waals surface area contributed by atoms with Crippen LogP contribution in [-0.4, -0.2) is 46.0 Å². The number of pyridine rings is 1. The van der Waals surface area contributed by atoms with Crippen LogP contribution < -0.4 is 15.6 Å². The maximum atomic E-state index is 13.6. The lowest BCUT2D eigenvalue weighted by Crippen LogP contribution is -2.34. The Bertz CT molecular complexity index is 1590. The van der Waals surface area contributed by atoms with E-state index < -0.39 is 29.1 Å². The molecule has 2 N–H and O–H groups in total. The van der Waals surface area contributed by atoms with Crippen molar-refractivity contribution in [1.29, 1.82) is 0 Å². The molecule has 4 rings (SSSR count). The van der Waals surface area contributed by atoms with Crippen molar-refractivity contribution >= 4 is 29.2 Å². The first-order valence-electron chi connectivity index (χ1n) is 12.8. The number of rotatable bonds is 10. The second-order valence-corrected chi connectivity index (χ2v) is 10.6. The van der Waals surface area contributed by atoms with Crippen LogP contribution in [0.1, 0.15) is 43.6 Å². The van der Waals surface area contributed by atoms with Gasteiger partial charge in [0.2, 0.25) is 5.91 Å². The number of carbonyl (C=O) groups is 2. The van der Waals surface area contributed by atoms with Crippen LogP contribution in [0.2, 0.25) is 5.02 Å². The van der Waals surface area contributed by atoms with Crippen LogP contribution in [0.3, 0.4) is 0 Å². The maximum Gasteiger partial charge on any atom is 0.335 e. The number of nitrogens with one attached hydrogen (secondary N) is 1. The van der Waals surface area contributed by atoms with E-state index in [1.165, 1.54) is 54.5 Å². The van der Waals surface area contributed by atoms with Gasteiger partial charge in [0.05, 0.1) is 24.5 Å². The zero-order valence-electron chi connectivity index (χ0n) is 23.0. The lowest BCUT2D eigenvalue weighted by atomic mass is 9.97. The van der Waals surface area contributed by atoms with E-state index in [0.717, 1.165) is 0 Å². The molecule has 2 aromatic carbocycles. The van der Waals surface area contributed by atoms with E-state index in [1.807, 2.05) is 20.8 Å². The Morgan fingerprint density at radius 2 is 1.80 bits per heavy atom. The highest BCUT2D eigenvalue weighted by molar-refractivity contribution is 6.31. The number of halogens is 1. The molecule has 41 heavy (non-hydrogen) atoms. The summed E-state index contributed by atoms with van der Waals surface area (Å²) < 4.78 is 17.9. The van der Waals surface area contributed by atoms with E-state index in [-0.39, 0.29) is 18.6 Å². The highest BCUT2D eigenvalue weighted by Crippen LogP contribution is 2.38. The van der Waals surface area contributed by atoms with E-state index in [9.17, 15) is 14.4 Å². The zero-order valence-corrected chi connectivity index (χ0v) is 23.8. The van der Waals surface area contributed by atoms with Gasteiger partial charge >= 0.3 is 5.97 Å². The lowest BCUT2D eigenvalue weighted by molar-refractivity contribution is -0.120. The minimum Gasteiger partial charge on any atom is -0.495 e. The lowest BCUT2D eigenvalue weighted by Gasteiger charge is -2.24. The largest absolute Gasteiger partial charge is 0.495 e. The van der Waals surface area contributed by atoms with Crippen LogP contribution in [0.5, 0.6) is 5.75 Å². The number of aromatic carboxylic acids is 1. The van der Waals surface area contributed by atoms with Crippen LogP contribution in [0.15, 0.2) is 76.4 Å². The van der Waals surface area contributed by atoms with Crippen molar-refractivity contribution in [3.63, 3.8) is 0 Å². The van der Waals surface area contributed by atoms with Gasteiger partial charge in [-0.15, -0.1) is 0 Å². The summed E-state index contributed by atoms with van der Waals surface area (Å²) in [5.41, 5.74) is 1.85. The Hall–Kier alpha value is -4.41. The van der Waals surface area contributed by atoms with Crippen LogP contribution in [0.25, 0.3) is 22.4 Å². The standard InChI is InChI=1S/C30H30ClN3O7/c1-30(2,3)40-13-12-25(28(36)32-20-8-5-18(6-9-20)29(37)38)34-17-26(39-4)23(16-27(34)35)22-15-19(31)7-10-21(22)24-11-14-41-33-24/h5-11,14-17,25H,12-13H2,1-4H3,(H,32,36)(H,37,38). The first-order chi connectivity index (χ1) is 19.5. The monoisotopic (exact) mass is 579 g/mol. The van der Waals surface area contributed by atoms with Crippen LogP contribution in [0, 0.1) is 0 Å². The van der Waals surface area contributed by atoms with E-state index in [2.05, 4.69) is 10.5 Å². The predicted molar refractivity (Wildman–Crippen MR) is 155 cm³/mol. The van der Waals surface area contributed by atoms with E-state index in [1.54, 1.807) is 24.3 Å². The Kier molecular flexibility index (Phi) is 8.95. The molecule has 11 heteroatoms. The third kappa shape index (κ3) is 7.22. The summed E-state index contributed by atoms with van der Waals surface area (Å²) in [5.74, 6) is -1.23. The number of carboxylic acid groups (broad SMARTS) is 1. The number of benzene rings is 2. The van der Waals surface area contributed by atoms with Gasteiger partial charge in [0.15, 0.2) is 0 Å². The molecule has 10 nitrogen and oxygen atoms in total.